The summed E-state index contributed by atoms with van der Waals surface area (Å²) in [5, 5.41) is 10.8. The molecular formula is C20H21ClF2N4O4S. The number of sulfone groups is 1. The van der Waals surface area contributed by atoms with E-state index in [4.69, 9.17) is 11.6 Å². The maximum atomic E-state index is 13.7. The highest BCUT2D eigenvalue weighted by atomic mass is 35.5. The van der Waals surface area contributed by atoms with E-state index < -0.39 is 63.2 Å². The zero-order valence-electron chi connectivity index (χ0n) is 16.9. The minimum absolute atomic E-state index is 0.158. The number of hydrogen-bond donors (Lipinski definition) is 1. The Balaban J connectivity index is 1.60. The summed E-state index contributed by atoms with van der Waals surface area (Å²) in [6.07, 6.45) is 1.29. The van der Waals surface area contributed by atoms with Crippen molar-refractivity contribution in [2.75, 3.05) is 13.1 Å². The maximum absolute atomic E-state index is 13.7. The standard InChI is InChI=1S/C20H21ClF2N4O4S/c21-12-1-2-16(25-9-12)32(30,31)13-7-14(17(28)26-19(10-24)3-4-19)15(8-13)18(29)27-6-5-20(22,23)11-27/h1-2,9,13-15H,3-8,11H2,(H,26,28). The molecule has 3 fully saturated rings. The van der Waals surface area contributed by atoms with Gasteiger partial charge in [0.1, 0.15) is 5.54 Å². The number of aromatic nitrogens is 1. The second-order valence-electron chi connectivity index (χ2n) is 8.71. The molecule has 12 heteroatoms. The summed E-state index contributed by atoms with van der Waals surface area (Å²) in [5.74, 6) is -6.40. The van der Waals surface area contributed by atoms with E-state index in [1.807, 2.05) is 6.07 Å². The second-order valence-corrected chi connectivity index (χ2v) is 11.3. The van der Waals surface area contributed by atoms with Gasteiger partial charge in [0.15, 0.2) is 14.9 Å². The number of halogens is 3. The topological polar surface area (TPSA) is 120 Å². The monoisotopic (exact) mass is 486 g/mol. The van der Waals surface area contributed by atoms with Gasteiger partial charge < -0.3 is 10.2 Å². The molecule has 8 nitrogen and oxygen atoms in total. The fourth-order valence-electron chi connectivity index (χ4n) is 4.39. The Bertz CT molecular complexity index is 1090. The Morgan fingerprint density at radius 2 is 1.91 bits per heavy atom. The van der Waals surface area contributed by atoms with Crippen molar-refractivity contribution in [3.63, 3.8) is 0 Å². The van der Waals surface area contributed by atoms with E-state index in [0.29, 0.717) is 12.8 Å². The number of pyridine rings is 1. The molecule has 172 valence electrons. The van der Waals surface area contributed by atoms with Crippen LogP contribution in [-0.4, -0.2) is 59.9 Å². The van der Waals surface area contributed by atoms with Crippen LogP contribution in [0.2, 0.25) is 5.02 Å². The molecule has 2 saturated carbocycles. The maximum Gasteiger partial charge on any atom is 0.267 e. The van der Waals surface area contributed by atoms with Gasteiger partial charge in [0.2, 0.25) is 11.8 Å². The number of nitrogens with zero attached hydrogens (tertiary/aromatic N) is 3. The predicted molar refractivity (Wildman–Crippen MR) is 108 cm³/mol. The molecule has 2 heterocycles. The minimum atomic E-state index is -4.00. The summed E-state index contributed by atoms with van der Waals surface area (Å²) in [7, 11) is -4.00. The van der Waals surface area contributed by atoms with Crippen molar-refractivity contribution in [2.45, 2.75) is 53.8 Å². The van der Waals surface area contributed by atoms with Crippen LogP contribution in [-0.2, 0) is 19.4 Å². The van der Waals surface area contributed by atoms with Gasteiger partial charge in [-0.05, 0) is 37.8 Å². The zero-order chi connectivity index (χ0) is 23.3. The molecule has 1 aromatic heterocycles. The van der Waals surface area contributed by atoms with Gasteiger partial charge in [-0.2, -0.15) is 5.26 Å². The van der Waals surface area contributed by atoms with Crippen LogP contribution in [0.3, 0.4) is 0 Å². The fraction of sp³-hybridized carbons (Fsp3) is 0.600. The molecule has 2 amide bonds. The van der Waals surface area contributed by atoms with E-state index in [1.165, 1.54) is 18.3 Å². The van der Waals surface area contributed by atoms with E-state index >= 15 is 0 Å². The minimum Gasteiger partial charge on any atom is -0.338 e. The Kier molecular flexibility index (Phi) is 5.66. The van der Waals surface area contributed by atoms with Gasteiger partial charge in [-0.15, -0.1) is 0 Å². The molecule has 0 bridgehead atoms. The van der Waals surface area contributed by atoms with E-state index in [0.717, 1.165) is 4.90 Å². The van der Waals surface area contributed by atoms with Crippen LogP contribution < -0.4 is 5.32 Å². The predicted octanol–water partition coefficient (Wildman–Crippen LogP) is 1.94. The quantitative estimate of drug-likeness (QED) is 0.679. The molecule has 4 rings (SSSR count). The van der Waals surface area contributed by atoms with Crippen molar-refractivity contribution in [1.82, 2.24) is 15.2 Å². The Labute approximate surface area is 188 Å². The van der Waals surface area contributed by atoms with E-state index in [2.05, 4.69) is 10.3 Å². The summed E-state index contributed by atoms with van der Waals surface area (Å²) in [4.78, 5) is 30.9. The van der Waals surface area contributed by atoms with Crippen molar-refractivity contribution in [2.24, 2.45) is 11.8 Å². The summed E-state index contributed by atoms with van der Waals surface area (Å²) in [5.41, 5.74) is -1.000. The molecule has 3 atom stereocenters. The first kappa shape index (κ1) is 22.9. The molecule has 1 N–H and O–H groups in total. The third kappa shape index (κ3) is 4.30. The first-order chi connectivity index (χ1) is 15.0. The molecule has 0 radical (unpaired) electrons. The lowest BCUT2D eigenvalue weighted by molar-refractivity contribution is -0.141. The van der Waals surface area contributed by atoms with E-state index in [1.54, 1.807) is 0 Å². The van der Waals surface area contributed by atoms with Crippen LogP contribution in [0.25, 0.3) is 0 Å². The Morgan fingerprint density at radius 3 is 2.44 bits per heavy atom. The number of nitrogens with one attached hydrogen (secondary N) is 1. The molecule has 32 heavy (non-hydrogen) atoms. The highest BCUT2D eigenvalue weighted by molar-refractivity contribution is 7.92. The first-order valence-electron chi connectivity index (χ1n) is 10.2. The molecule has 3 aliphatic rings. The van der Waals surface area contributed by atoms with Crippen molar-refractivity contribution in [3.05, 3.63) is 23.4 Å². The number of hydrogen-bond acceptors (Lipinski definition) is 6. The summed E-state index contributed by atoms with van der Waals surface area (Å²) in [6.45, 7) is -0.913. The number of carbonyl (C=O) groups excluding carboxylic acids is 2. The van der Waals surface area contributed by atoms with Crippen LogP contribution in [0.5, 0.6) is 0 Å². The lowest BCUT2D eigenvalue weighted by Gasteiger charge is -2.24. The van der Waals surface area contributed by atoms with Gasteiger partial charge >= 0.3 is 0 Å². The van der Waals surface area contributed by atoms with Crippen LogP contribution >= 0.6 is 11.6 Å². The first-order valence-corrected chi connectivity index (χ1v) is 12.1. The number of alkyl halides is 2. The third-order valence-corrected chi connectivity index (χ3v) is 8.72. The van der Waals surface area contributed by atoms with Crippen molar-refractivity contribution in [3.8, 4) is 6.07 Å². The molecular weight excluding hydrogens is 466 g/mol. The van der Waals surface area contributed by atoms with Crippen LogP contribution in [0.1, 0.15) is 32.1 Å². The lowest BCUT2D eigenvalue weighted by Crippen LogP contribution is -2.45. The molecule has 2 aliphatic carbocycles. The average molecular weight is 487 g/mol. The third-order valence-electron chi connectivity index (χ3n) is 6.41. The highest BCUT2D eigenvalue weighted by Crippen LogP contribution is 2.42. The van der Waals surface area contributed by atoms with Crippen molar-refractivity contribution in [1.29, 1.82) is 5.26 Å². The Morgan fingerprint density at radius 1 is 1.22 bits per heavy atom. The smallest absolute Gasteiger partial charge is 0.267 e. The molecule has 0 aromatic carbocycles. The molecule has 1 aliphatic heterocycles. The van der Waals surface area contributed by atoms with E-state index in [-0.39, 0.29) is 29.4 Å². The van der Waals surface area contributed by atoms with Crippen LogP contribution in [0, 0.1) is 23.2 Å². The lowest BCUT2D eigenvalue weighted by atomic mass is 9.93. The second kappa shape index (κ2) is 7.92. The molecule has 0 spiro atoms. The molecule has 1 aromatic rings. The fourth-order valence-corrected chi connectivity index (χ4v) is 6.22. The van der Waals surface area contributed by atoms with Crippen molar-refractivity contribution < 1.29 is 26.8 Å². The summed E-state index contributed by atoms with van der Waals surface area (Å²) >= 11 is 5.78. The normalized spacial score (nSPS) is 28.2. The highest BCUT2D eigenvalue weighted by Gasteiger charge is 2.53. The van der Waals surface area contributed by atoms with Crippen LogP contribution in [0.4, 0.5) is 8.78 Å². The SMILES string of the molecule is N#CC1(NC(=O)C2CC(S(=O)(=O)c3ccc(Cl)cn3)CC2C(=O)N2CCC(F)(F)C2)CC1. The van der Waals surface area contributed by atoms with Gasteiger partial charge in [-0.25, -0.2) is 22.2 Å². The molecule has 3 unspecified atom stereocenters. The number of nitriles is 1. The summed E-state index contributed by atoms with van der Waals surface area (Å²) < 4.78 is 53.6. The zero-order valence-corrected chi connectivity index (χ0v) is 18.5. The summed E-state index contributed by atoms with van der Waals surface area (Å²) in [6, 6.07) is 4.64. The van der Waals surface area contributed by atoms with Gasteiger partial charge in [0.25, 0.3) is 5.92 Å². The average Bonchev–Trinajstić information content (AvgIpc) is 3.19. The van der Waals surface area contributed by atoms with Gasteiger partial charge in [0.05, 0.1) is 34.7 Å². The van der Waals surface area contributed by atoms with Crippen LogP contribution in [0.15, 0.2) is 23.4 Å². The Hall–Kier alpha value is -2.32. The number of likely N-dealkylation sites (tertiary alicyclic amines) is 1. The number of amides is 2. The van der Waals surface area contributed by atoms with Gasteiger partial charge in [-0.3, -0.25) is 9.59 Å². The number of carbonyl (C=O) groups is 2. The van der Waals surface area contributed by atoms with Gasteiger partial charge in [-0.1, -0.05) is 11.6 Å². The van der Waals surface area contributed by atoms with Crippen molar-refractivity contribution >= 4 is 33.3 Å². The van der Waals surface area contributed by atoms with E-state index in [9.17, 15) is 32.0 Å². The largest absolute Gasteiger partial charge is 0.338 e. The number of rotatable bonds is 5. The van der Waals surface area contributed by atoms with Gasteiger partial charge in [0, 0.05) is 19.2 Å². The molecule has 1 saturated heterocycles.